The Bertz CT molecular complexity index is 1150. The maximum Gasteiger partial charge on any atom is 0.229 e. The van der Waals surface area contributed by atoms with Crippen molar-refractivity contribution in [3.63, 3.8) is 0 Å². The largest absolute Gasteiger partial charge is 0.504 e. The number of ether oxygens (including phenoxy) is 4. The number of benzene rings is 2. The molecule has 0 spiro atoms. The minimum absolute atomic E-state index is 0.00411. The van der Waals surface area contributed by atoms with Crippen LogP contribution < -0.4 is 19.6 Å². The average molecular weight is 420 g/mol. The van der Waals surface area contributed by atoms with Gasteiger partial charge in [-0.05, 0) is 12.1 Å². The van der Waals surface area contributed by atoms with Crippen LogP contribution >= 0.6 is 0 Å². The summed E-state index contributed by atoms with van der Waals surface area (Å²) >= 11 is 0. The van der Waals surface area contributed by atoms with Crippen LogP contribution in [0.2, 0.25) is 0 Å². The third-order valence-electron chi connectivity index (χ3n) is 5.01. The number of para-hydroxylation sites is 1. The molecule has 10 nitrogen and oxygen atoms in total. The molecule has 3 aromatic rings. The van der Waals surface area contributed by atoms with E-state index in [1.165, 1.54) is 38.5 Å². The number of aromatic hydroxyl groups is 1. The first-order chi connectivity index (χ1) is 14.4. The molecule has 0 saturated carbocycles. The van der Waals surface area contributed by atoms with E-state index in [2.05, 4.69) is 0 Å². The second-order valence-electron chi connectivity index (χ2n) is 6.72. The molecule has 2 heterocycles. The Morgan fingerprint density at radius 3 is 2.50 bits per heavy atom. The average Bonchev–Trinajstić information content (AvgIpc) is 3.01. The van der Waals surface area contributed by atoms with Gasteiger partial charge in [-0.1, -0.05) is 6.07 Å². The van der Waals surface area contributed by atoms with Gasteiger partial charge in [0.25, 0.3) is 0 Å². The zero-order chi connectivity index (χ0) is 21.6. The molecule has 10 heteroatoms. The second-order valence-corrected chi connectivity index (χ2v) is 6.72. The number of fused-ring (bicyclic) bond motifs is 2. The van der Waals surface area contributed by atoms with Gasteiger partial charge < -0.3 is 43.8 Å². The van der Waals surface area contributed by atoms with Crippen molar-refractivity contribution in [3.8, 4) is 23.0 Å². The Labute approximate surface area is 169 Å². The summed E-state index contributed by atoms with van der Waals surface area (Å²) in [6.45, 7) is -0.506. The van der Waals surface area contributed by atoms with Crippen molar-refractivity contribution in [2.45, 2.75) is 24.6 Å². The Hall–Kier alpha value is -3.05. The van der Waals surface area contributed by atoms with Crippen LogP contribution in [0, 0.1) is 0 Å². The molecule has 30 heavy (non-hydrogen) atoms. The highest BCUT2D eigenvalue weighted by Gasteiger charge is 2.44. The van der Waals surface area contributed by atoms with Gasteiger partial charge in [-0.15, -0.1) is 0 Å². The Kier molecular flexibility index (Phi) is 5.16. The molecule has 0 radical (unpaired) electrons. The molecule has 1 aliphatic heterocycles. The third-order valence-corrected chi connectivity index (χ3v) is 5.01. The van der Waals surface area contributed by atoms with E-state index < -0.39 is 42.4 Å². The van der Waals surface area contributed by atoms with Gasteiger partial charge in [-0.2, -0.15) is 0 Å². The van der Waals surface area contributed by atoms with E-state index in [4.69, 9.17) is 23.4 Å². The van der Waals surface area contributed by atoms with Crippen molar-refractivity contribution in [2.75, 3.05) is 20.8 Å². The fraction of sp³-hybridized carbons (Fsp3) is 0.350. The van der Waals surface area contributed by atoms with Gasteiger partial charge >= 0.3 is 0 Å². The molecule has 1 aromatic heterocycles. The number of hydrogen-bond donors (Lipinski definition) is 4. The molecule has 4 N–H and O–H groups in total. The first-order valence-corrected chi connectivity index (χ1v) is 9.03. The molecule has 0 bridgehead atoms. The summed E-state index contributed by atoms with van der Waals surface area (Å²) in [6.07, 6.45) is -5.06. The predicted octanol–water partition coefficient (Wildman–Crippen LogP) is 0.487. The molecule has 0 unspecified atom stereocenters. The predicted molar refractivity (Wildman–Crippen MR) is 103 cm³/mol. The van der Waals surface area contributed by atoms with E-state index in [9.17, 15) is 25.2 Å². The van der Waals surface area contributed by atoms with Crippen molar-refractivity contribution in [2.24, 2.45) is 0 Å². The number of aliphatic hydroxyl groups excluding tert-OH is 3. The Morgan fingerprint density at radius 1 is 1.10 bits per heavy atom. The summed E-state index contributed by atoms with van der Waals surface area (Å²) in [7, 11) is 2.71. The quantitative estimate of drug-likeness (QED) is 0.430. The number of rotatable bonds is 5. The highest BCUT2D eigenvalue weighted by Crippen LogP contribution is 2.42. The van der Waals surface area contributed by atoms with Crippen LogP contribution in [-0.4, -0.2) is 65.9 Å². The summed E-state index contributed by atoms with van der Waals surface area (Å²) in [5.74, 6) is -0.199. The van der Waals surface area contributed by atoms with Crippen LogP contribution in [0.15, 0.2) is 33.5 Å². The lowest BCUT2D eigenvalue weighted by Gasteiger charge is -2.18. The molecule has 0 amide bonds. The van der Waals surface area contributed by atoms with Crippen molar-refractivity contribution in [3.05, 3.63) is 34.5 Å². The van der Waals surface area contributed by atoms with E-state index in [1.807, 2.05) is 0 Å². The summed E-state index contributed by atoms with van der Waals surface area (Å²) in [5.41, 5.74) is -0.462. The highest BCUT2D eigenvalue weighted by molar-refractivity contribution is 5.97. The molecule has 2 aromatic carbocycles. The first-order valence-electron chi connectivity index (χ1n) is 9.03. The summed E-state index contributed by atoms with van der Waals surface area (Å²) in [5, 5.41) is 39.8. The molecule has 1 aliphatic rings. The maximum atomic E-state index is 13.1. The zero-order valence-corrected chi connectivity index (χ0v) is 16.1. The maximum absolute atomic E-state index is 13.1. The van der Waals surface area contributed by atoms with Crippen LogP contribution in [0.5, 0.6) is 23.0 Å². The van der Waals surface area contributed by atoms with Crippen LogP contribution in [-0.2, 0) is 4.74 Å². The van der Waals surface area contributed by atoms with Crippen molar-refractivity contribution < 1.29 is 43.8 Å². The van der Waals surface area contributed by atoms with E-state index in [0.29, 0.717) is 0 Å². The SMILES string of the molecule is COc1cc2oc3c(O[C@@H]4O[C@H](CO)[C@@H](O)[C@H]4O)cccc3c(=O)c2c(O)c1OC. The summed E-state index contributed by atoms with van der Waals surface area (Å²) in [4.78, 5) is 13.1. The highest BCUT2D eigenvalue weighted by atomic mass is 16.7. The minimum atomic E-state index is -1.42. The van der Waals surface area contributed by atoms with Crippen LogP contribution in [0.25, 0.3) is 21.9 Å². The number of methoxy groups -OCH3 is 2. The number of hydrogen-bond acceptors (Lipinski definition) is 10. The van der Waals surface area contributed by atoms with Gasteiger partial charge in [0.15, 0.2) is 22.8 Å². The molecule has 4 rings (SSSR count). The smallest absolute Gasteiger partial charge is 0.229 e. The molecule has 4 atom stereocenters. The second kappa shape index (κ2) is 7.65. The molecule has 1 saturated heterocycles. The lowest BCUT2D eigenvalue weighted by atomic mass is 10.1. The number of aliphatic hydroxyl groups is 3. The lowest BCUT2D eigenvalue weighted by Crippen LogP contribution is -2.35. The molecular formula is C20H20O10. The Morgan fingerprint density at radius 2 is 1.87 bits per heavy atom. The van der Waals surface area contributed by atoms with Crippen molar-refractivity contribution in [1.29, 1.82) is 0 Å². The molecule has 1 fully saturated rings. The van der Waals surface area contributed by atoms with E-state index >= 15 is 0 Å². The van der Waals surface area contributed by atoms with Gasteiger partial charge in [0.2, 0.25) is 17.5 Å². The third kappa shape index (κ3) is 3.01. The number of phenolic OH excluding ortho intramolecular Hbond substituents is 1. The molecular weight excluding hydrogens is 400 g/mol. The first kappa shape index (κ1) is 20.2. The summed E-state index contributed by atoms with van der Waals surface area (Å²) < 4.78 is 27.1. The van der Waals surface area contributed by atoms with Gasteiger partial charge in [-0.3, -0.25) is 4.79 Å². The molecule has 160 valence electrons. The van der Waals surface area contributed by atoms with Crippen LogP contribution in [0.1, 0.15) is 0 Å². The van der Waals surface area contributed by atoms with Gasteiger partial charge in [-0.25, -0.2) is 0 Å². The topological polar surface area (TPSA) is 148 Å². The van der Waals surface area contributed by atoms with Gasteiger partial charge in [0.05, 0.1) is 26.2 Å². The fourth-order valence-electron chi connectivity index (χ4n) is 3.48. The zero-order valence-electron chi connectivity index (χ0n) is 16.1. The number of phenols is 1. The molecule has 0 aliphatic carbocycles. The van der Waals surface area contributed by atoms with E-state index in [-0.39, 0.29) is 39.2 Å². The fourth-order valence-corrected chi connectivity index (χ4v) is 3.48. The van der Waals surface area contributed by atoms with Gasteiger partial charge in [0, 0.05) is 6.07 Å². The van der Waals surface area contributed by atoms with Crippen molar-refractivity contribution >= 4 is 21.9 Å². The van der Waals surface area contributed by atoms with Gasteiger partial charge in [0.1, 0.15) is 29.3 Å². The summed E-state index contributed by atoms with van der Waals surface area (Å²) in [6, 6.07) is 5.91. The normalized spacial score (nSPS) is 23.8. The van der Waals surface area contributed by atoms with Crippen LogP contribution in [0.3, 0.4) is 0 Å². The Balaban J connectivity index is 1.87. The minimum Gasteiger partial charge on any atom is -0.504 e. The lowest BCUT2D eigenvalue weighted by molar-refractivity contribution is -0.116. The monoisotopic (exact) mass is 420 g/mol. The van der Waals surface area contributed by atoms with Crippen molar-refractivity contribution in [1.82, 2.24) is 0 Å². The van der Waals surface area contributed by atoms with E-state index in [1.54, 1.807) is 0 Å². The van der Waals surface area contributed by atoms with E-state index in [0.717, 1.165) is 0 Å². The van der Waals surface area contributed by atoms with Crippen LogP contribution in [0.4, 0.5) is 0 Å². The standard InChI is InChI=1S/C20H20O10/c1-26-11-6-10-13(16(24)19(11)27-2)14(22)8-4-3-5-9(18(8)28-10)29-20-17(25)15(23)12(7-21)30-20/h3-6,12,15,17,20-21,23-25H,7H2,1-2H3/t12-,15-,17-,20-/m1/s1.